The Bertz CT molecular complexity index is 683. The average molecular weight is 321 g/mol. The SMILES string of the molecule is COC(=O)c1cnc(/C=C/c2cc(OC)c(O)c(OC)c2)s1. The first-order valence-electron chi connectivity index (χ1n) is 6.26. The minimum Gasteiger partial charge on any atom is -0.502 e. The molecule has 0 aliphatic rings. The number of ether oxygens (including phenoxy) is 3. The number of rotatable bonds is 5. The summed E-state index contributed by atoms with van der Waals surface area (Å²) < 4.78 is 14.8. The van der Waals surface area contributed by atoms with E-state index in [1.54, 1.807) is 24.3 Å². The van der Waals surface area contributed by atoms with Crippen LogP contribution in [0.2, 0.25) is 0 Å². The van der Waals surface area contributed by atoms with E-state index >= 15 is 0 Å². The van der Waals surface area contributed by atoms with Crippen LogP contribution in [0.15, 0.2) is 18.3 Å². The first kappa shape index (κ1) is 15.8. The molecule has 7 heteroatoms. The molecule has 6 nitrogen and oxygen atoms in total. The third-order valence-electron chi connectivity index (χ3n) is 2.83. The molecule has 1 aromatic heterocycles. The van der Waals surface area contributed by atoms with Gasteiger partial charge in [-0.2, -0.15) is 0 Å². The molecule has 1 heterocycles. The number of benzene rings is 1. The Balaban J connectivity index is 2.26. The van der Waals surface area contributed by atoms with Crippen molar-refractivity contribution in [3.8, 4) is 17.2 Å². The number of thiazole rings is 1. The largest absolute Gasteiger partial charge is 0.502 e. The topological polar surface area (TPSA) is 77.9 Å². The summed E-state index contributed by atoms with van der Waals surface area (Å²) in [6.07, 6.45) is 5.00. The Morgan fingerprint density at radius 2 is 1.82 bits per heavy atom. The molecule has 0 fully saturated rings. The van der Waals surface area contributed by atoms with Crippen molar-refractivity contribution < 1.29 is 24.1 Å². The van der Waals surface area contributed by atoms with Gasteiger partial charge < -0.3 is 19.3 Å². The van der Waals surface area contributed by atoms with Crippen LogP contribution in [0.25, 0.3) is 12.2 Å². The van der Waals surface area contributed by atoms with Crippen molar-refractivity contribution in [1.82, 2.24) is 4.98 Å². The van der Waals surface area contributed by atoms with E-state index < -0.39 is 5.97 Å². The van der Waals surface area contributed by atoms with E-state index in [1.807, 2.05) is 0 Å². The zero-order valence-electron chi connectivity index (χ0n) is 12.3. The molecule has 2 rings (SSSR count). The van der Waals surface area contributed by atoms with Gasteiger partial charge in [-0.1, -0.05) is 6.08 Å². The van der Waals surface area contributed by atoms with E-state index in [0.29, 0.717) is 21.4 Å². The molecule has 0 amide bonds. The zero-order chi connectivity index (χ0) is 16.1. The fourth-order valence-corrected chi connectivity index (χ4v) is 2.48. The number of nitrogens with zero attached hydrogens (tertiary/aromatic N) is 1. The van der Waals surface area contributed by atoms with Gasteiger partial charge in [0.1, 0.15) is 9.88 Å². The highest BCUT2D eigenvalue weighted by atomic mass is 32.1. The molecule has 1 N–H and O–H groups in total. The van der Waals surface area contributed by atoms with E-state index in [2.05, 4.69) is 9.72 Å². The third kappa shape index (κ3) is 3.37. The van der Waals surface area contributed by atoms with Gasteiger partial charge in [-0.15, -0.1) is 11.3 Å². The highest BCUT2D eigenvalue weighted by Crippen LogP contribution is 2.37. The van der Waals surface area contributed by atoms with Crippen molar-refractivity contribution in [3.63, 3.8) is 0 Å². The molecule has 0 aliphatic heterocycles. The number of phenolic OH excluding ortho intramolecular Hbond substituents is 1. The Morgan fingerprint density at radius 3 is 2.36 bits per heavy atom. The summed E-state index contributed by atoms with van der Waals surface area (Å²) in [5.41, 5.74) is 0.765. The molecule has 0 bridgehead atoms. The van der Waals surface area contributed by atoms with Gasteiger partial charge in [0, 0.05) is 0 Å². The molecular weight excluding hydrogens is 306 g/mol. The molecule has 2 aromatic rings. The van der Waals surface area contributed by atoms with Crippen LogP contribution in [0, 0.1) is 0 Å². The van der Waals surface area contributed by atoms with Crippen LogP contribution in [0.1, 0.15) is 20.2 Å². The van der Waals surface area contributed by atoms with Crippen molar-refractivity contribution in [2.45, 2.75) is 0 Å². The lowest BCUT2D eigenvalue weighted by molar-refractivity contribution is 0.0606. The van der Waals surface area contributed by atoms with Crippen LogP contribution in [0.4, 0.5) is 0 Å². The maximum Gasteiger partial charge on any atom is 0.349 e. The van der Waals surface area contributed by atoms with Crippen LogP contribution >= 0.6 is 11.3 Å². The number of phenols is 1. The smallest absolute Gasteiger partial charge is 0.349 e. The molecule has 22 heavy (non-hydrogen) atoms. The van der Waals surface area contributed by atoms with E-state index in [-0.39, 0.29) is 5.75 Å². The van der Waals surface area contributed by atoms with E-state index in [9.17, 15) is 9.90 Å². The number of aromatic hydroxyl groups is 1. The van der Waals surface area contributed by atoms with Gasteiger partial charge in [0.15, 0.2) is 11.5 Å². The average Bonchev–Trinajstić information content (AvgIpc) is 3.02. The molecule has 0 atom stereocenters. The van der Waals surface area contributed by atoms with Gasteiger partial charge in [-0.3, -0.25) is 0 Å². The lowest BCUT2D eigenvalue weighted by Gasteiger charge is -2.09. The fourth-order valence-electron chi connectivity index (χ4n) is 1.74. The Labute approximate surface area is 131 Å². The maximum atomic E-state index is 11.4. The molecule has 116 valence electrons. The van der Waals surface area contributed by atoms with Crippen LogP contribution in [0.3, 0.4) is 0 Å². The summed E-state index contributed by atoms with van der Waals surface area (Å²) in [6.45, 7) is 0. The normalized spacial score (nSPS) is 10.7. The van der Waals surface area contributed by atoms with E-state index in [4.69, 9.17) is 9.47 Å². The van der Waals surface area contributed by atoms with Crippen molar-refractivity contribution in [2.24, 2.45) is 0 Å². The number of hydrogen-bond acceptors (Lipinski definition) is 7. The standard InChI is InChI=1S/C15H15NO5S/c1-19-10-6-9(7-11(20-2)14(10)17)4-5-13-16-8-12(22-13)15(18)21-3/h4-8,17H,1-3H3/b5-4+. The van der Waals surface area contributed by atoms with Crippen molar-refractivity contribution >= 4 is 29.5 Å². The monoisotopic (exact) mass is 321 g/mol. The number of methoxy groups -OCH3 is 3. The van der Waals surface area contributed by atoms with Gasteiger partial charge in [0.2, 0.25) is 5.75 Å². The van der Waals surface area contributed by atoms with E-state index in [1.165, 1.54) is 38.9 Å². The van der Waals surface area contributed by atoms with E-state index in [0.717, 1.165) is 5.56 Å². The number of hydrogen-bond donors (Lipinski definition) is 1. The molecular formula is C15H15NO5S. The van der Waals surface area contributed by atoms with Crippen molar-refractivity contribution in [2.75, 3.05) is 21.3 Å². The fraction of sp³-hybridized carbons (Fsp3) is 0.200. The van der Waals surface area contributed by atoms with Gasteiger partial charge in [-0.05, 0) is 23.8 Å². The predicted molar refractivity (Wildman–Crippen MR) is 83.6 cm³/mol. The number of carbonyl (C=O) groups is 1. The first-order valence-corrected chi connectivity index (χ1v) is 7.08. The molecule has 0 spiro atoms. The summed E-state index contributed by atoms with van der Waals surface area (Å²) in [6, 6.07) is 3.34. The summed E-state index contributed by atoms with van der Waals surface area (Å²) in [4.78, 5) is 15.9. The minimum absolute atomic E-state index is 0.0515. The molecule has 0 aliphatic carbocycles. The quantitative estimate of drug-likeness (QED) is 0.853. The highest BCUT2D eigenvalue weighted by molar-refractivity contribution is 7.14. The molecule has 0 unspecified atom stereocenters. The zero-order valence-corrected chi connectivity index (χ0v) is 13.1. The molecule has 0 saturated heterocycles. The predicted octanol–water partition coefficient (Wildman–Crippen LogP) is 2.82. The number of aromatic nitrogens is 1. The van der Waals surface area contributed by atoms with Gasteiger partial charge in [0.25, 0.3) is 0 Å². The van der Waals surface area contributed by atoms with Crippen molar-refractivity contribution in [3.05, 3.63) is 33.8 Å². The second-order valence-corrected chi connectivity index (χ2v) is 5.22. The number of esters is 1. The van der Waals surface area contributed by atoms with Gasteiger partial charge in [0.05, 0.1) is 27.5 Å². The number of carbonyl (C=O) groups excluding carboxylic acids is 1. The van der Waals surface area contributed by atoms with Crippen LogP contribution in [-0.4, -0.2) is 37.4 Å². The second-order valence-electron chi connectivity index (χ2n) is 4.16. The van der Waals surface area contributed by atoms with Crippen LogP contribution in [-0.2, 0) is 4.74 Å². The summed E-state index contributed by atoms with van der Waals surface area (Å²) in [7, 11) is 4.25. The Morgan fingerprint density at radius 1 is 1.18 bits per heavy atom. The second kappa shape index (κ2) is 6.95. The lowest BCUT2D eigenvalue weighted by Crippen LogP contribution is -1.96. The van der Waals surface area contributed by atoms with Crippen LogP contribution < -0.4 is 9.47 Å². The highest BCUT2D eigenvalue weighted by Gasteiger charge is 2.11. The summed E-state index contributed by atoms with van der Waals surface area (Å²) >= 11 is 1.22. The maximum absolute atomic E-state index is 11.4. The third-order valence-corrected chi connectivity index (χ3v) is 3.77. The first-order chi connectivity index (χ1) is 10.6. The minimum atomic E-state index is -0.412. The van der Waals surface area contributed by atoms with Gasteiger partial charge in [-0.25, -0.2) is 9.78 Å². The lowest BCUT2D eigenvalue weighted by atomic mass is 10.1. The molecule has 0 saturated carbocycles. The Hall–Kier alpha value is -2.54. The summed E-state index contributed by atoms with van der Waals surface area (Å²) in [5, 5.41) is 10.5. The molecule has 1 aromatic carbocycles. The Kier molecular flexibility index (Phi) is 5.00. The van der Waals surface area contributed by atoms with Crippen LogP contribution in [0.5, 0.6) is 17.2 Å². The summed E-state index contributed by atoms with van der Waals surface area (Å²) in [5.74, 6) is 0.163. The van der Waals surface area contributed by atoms with Gasteiger partial charge >= 0.3 is 5.97 Å². The van der Waals surface area contributed by atoms with Crippen molar-refractivity contribution in [1.29, 1.82) is 0 Å². The molecule has 0 radical (unpaired) electrons.